The fraction of sp³-hybridized carbons (Fsp3) is 0.412. The number of amides is 1. The van der Waals surface area contributed by atoms with E-state index in [1.807, 2.05) is 6.92 Å². The van der Waals surface area contributed by atoms with Crippen LogP contribution >= 0.6 is 11.3 Å². The molecule has 0 radical (unpaired) electrons. The van der Waals surface area contributed by atoms with Gasteiger partial charge in [-0.2, -0.15) is 0 Å². The second-order valence-electron chi connectivity index (χ2n) is 6.61. The van der Waals surface area contributed by atoms with E-state index < -0.39 is 31.9 Å². The van der Waals surface area contributed by atoms with Crippen molar-refractivity contribution in [3.05, 3.63) is 28.8 Å². The van der Waals surface area contributed by atoms with Crippen molar-refractivity contribution in [1.82, 2.24) is 4.98 Å². The van der Waals surface area contributed by atoms with E-state index >= 15 is 0 Å². The zero-order valence-corrected chi connectivity index (χ0v) is 18.7. The number of carbonyl (C=O) groups is 1. The van der Waals surface area contributed by atoms with Gasteiger partial charge in [0.05, 0.1) is 29.7 Å². The molecule has 0 saturated carbocycles. The van der Waals surface area contributed by atoms with Gasteiger partial charge in [-0.1, -0.05) is 6.92 Å². The lowest BCUT2D eigenvalue weighted by Gasteiger charge is -2.18. The number of thiazole rings is 1. The minimum atomic E-state index is -4.15. The van der Waals surface area contributed by atoms with Crippen LogP contribution in [0.2, 0.25) is 0 Å². The second kappa shape index (κ2) is 7.58. The van der Waals surface area contributed by atoms with Gasteiger partial charge < -0.3 is 4.74 Å². The summed E-state index contributed by atoms with van der Waals surface area (Å²) in [6.07, 6.45) is 0. The molecular formula is C17H21N3O6S3. The number of ether oxygens (including phenoxy) is 1. The standard InChI is InChI=1S/C17H21N3O6S3/c1-5-26-14-7-6-13(20-16(21)10(2)9-28(20,22)23)8-15(14)29(24,25)19-17-18-11(3)12(4)27-17/h6-8,10H,5,9H2,1-4H3,(H,18,19). The van der Waals surface area contributed by atoms with Crippen molar-refractivity contribution < 1.29 is 26.4 Å². The van der Waals surface area contributed by atoms with Gasteiger partial charge in [-0.3, -0.25) is 9.52 Å². The van der Waals surface area contributed by atoms with Crippen LogP contribution in [0, 0.1) is 19.8 Å². The van der Waals surface area contributed by atoms with Gasteiger partial charge in [-0.05, 0) is 39.0 Å². The van der Waals surface area contributed by atoms with Gasteiger partial charge in [0.2, 0.25) is 15.9 Å². The highest BCUT2D eigenvalue weighted by atomic mass is 32.2. The number of hydrogen-bond acceptors (Lipinski definition) is 8. The van der Waals surface area contributed by atoms with E-state index in [1.54, 1.807) is 13.8 Å². The van der Waals surface area contributed by atoms with E-state index in [0.29, 0.717) is 10.00 Å². The molecule has 1 aromatic heterocycles. The van der Waals surface area contributed by atoms with Gasteiger partial charge in [0.15, 0.2) is 5.13 Å². The Labute approximate surface area is 173 Å². The molecule has 1 aromatic carbocycles. The maximum atomic E-state index is 13.0. The van der Waals surface area contributed by atoms with Crippen LogP contribution in [0.5, 0.6) is 5.75 Å². The molecule has 0 spiro atoms. The van der Waals surface area contributed by atoms with Crippen molar-refractivity contribution in [1.29, 1.82) is 0 Å². The summed E-state index contributed by atoms with van der Waals surface area (Å²) >= 11 is 1.18. The quantitative estimate of drug-likeness (QED) is 0.703. The summed E-state index contributed by atoms with van der Waals surface area (Å²) in [4.78, 5) is 17.1. The number of rotatable bonds is 6. The van der Waals surface area contributed by atoms with Gasteiger partial charge in [0.25, 0.3) is 10.0 Å². The van der Waals surface area contributed by atoms with Crippen LogP contribution in [0.4, 0.5) is 10.8 Å². The fourth-order valence-electron chi connectivity index (χ4n) is 2.88. The van der Waals surface area contributed by atoms with E-state index in [1.165, 1.54) is 30.4 Å². The predicted octanol–water partition coefficient (Wildman–Crippen LogP) is 2.27. The lowest BCUT2D eigenvalue weighted by atomic mass is 10.2. The number of aryl methyl sites for hydroxylation is 2. The first-order valence-corrected chi connectivity index (χ1v) is 12.7. The summed E-state index contributed by atoms with van der Waals surface area (Å²) in [5.41, 5.74) is 0.656. The molecule has 1 unspecified atom stereocenters. The van der Waals surface area contributed by atoms with Crippen molar-refractivity contribution in [3.8, 4) is 5.75 Å². The van der Waals surface area contributed by atoms with Gasteiger partial charge in [0.1, 0.15) is 10.6 Å². The van der Waals surface area contributed by atoms with Crippen LogP contribution in [-0.4, -0.2) is 40.1 Å². The summed E-state index contributed by atoms with van der Waals surface area (Å²) in [6.45, 7) is 7.00. The molecule has 2 aromatic rings. The Kier molecular flexibility index (Phi) is 5.62. The highest BCUT2D eigenvalue weighted by molar-refractivity contribution is 7.94. The number of anilines is 2. The number of benzene rings is 1. The topological polar surface area (TPSA) is 123 Å². The average Bonchev–Trinajstić information content (AvgIpc) is 3.02. The van der Waals surface area contributed by atoms with Gasteiger partial charge in [-0.15, -0.1) is 11.3 Å². The molecule has 12 heteroatoms. The molecule has 1 aliphatic rings. The predicted molar refractivity (Wildman–Crippen MR) is 110 cm³/mol. The van der Waals surface area contributed by atoms with Gasteiger partial charge in [0, 0.05) is 4.88 Å². The molecule has 3 rings (SSSR count). The molecule has 1 saturated heterocycles. The lowest BCUT2D eigenvalue weighted by Crippen LogP contribution is -2.30. The summed E-state index contributed by atoms with van der Waals surface area (Å²) in [7, 11) is -8.02. The second-order valence-corrected chi connectivity index (χ2v) is 11.3. The third-order valence-electron chi connectivity index (χ3n) is 4.36. The van der Waals surface area contributed by atoms with E-state index in [0.717, 1.165) is 10.9 Å². The van der Waals surface area contributed by atoms with Crippen molar-refractivity contribution in [3.63, 3.8) is 0 Å². The molecular weight excluding hydrogens is 438 g/mol. The monoisotopic (exact) mass is 459 g/mol. The Morgan fingerprint density at radius 1 is 1.34 bits per heavy atom. The summed E-state index contributed by atoms with van der Waals surface area (Å²) in [5.74, 6) is -1.58. The van der Waals surface area contributed by atoms with Crippen molar-refractivity contribution in [2.24, 2.45) is 5.92 Å². The highest BCUT2D eigenvalue weighted by Gasteiger charge is 2.42. The highest BCUT2D eigenvalue weighted by Crippen LogP contribution is 2.35. The number of sulfonamides is 2. The maximum absolute atomic E-state index is 13.0. The van der Waals surface area contributed by atoms with Gasteiger partial charge in [-0.25, -0.2) is 26.1 Å². The number of aromatic nitrogens is 1. The number of hydrogen-bond donors (Lipinski definition) is 1. The van der Waals surface area contributed by atoms with Gasteiger partial charge >= 0.3 is 0 Å². The van der Waals surface area contributed by atoms with Crippen molar-refractivity contribution >= 4 is 48.1 Å². The van der Waals surface area contributed by atoms with Crippen LogP contribution < -0.4 is 13.8 Å². The van der Waals surface area contributed by atoms with Crippen molar-refractivity contribution in [2.75, 3.05) is 21.4 Å². The minimum Gasteiger partial charge on any atom is -0.492 e. The van der Waals surface area contributed by atoms with Crippen LogP contribution in [0.25, 0.3) is 0 Å². The zero-order chi connectivity index (χ0) is 21.6. The van der Waals surface area contributed by atoms with Crippen LogP contribution in [0.1, 0.15) is 24.4 Å². The number of carbonyl (C=O) groups excluding carboxylic acids is 1. The summed E-state index contributed by atoms with van der Waals surface area (Å²) in [6, 6.07) is 3.83. The molecule has 1 N–H and O–H groups in total. The molecule has 2 heterocycles. The Bertz CT molecular complexity index is 1150. The molecule has 1 amide bonds. The Balaban J connectivity index is 2.09. The SMILES string of the molecule is CCOc1ccc(N2C(=O)C(C)CS2(=O)=O)cc1S(=O)(=O)Nc1nc(C)c(C)s1. The maximum Gasteiger partial charge on any atom is 0.267 e. The number of nitrogens with zero attached hydrogens (tertiary/aromatic N) is 2. The Hall–Kier alpha value is -2.18. The Morgan fingerprint density at radius 2 is 2.03 bits per heavy atom. The molecule has 158 valence electrons. The average molecular weight is 460 g/mol. The lowest BCUT2D eigenvalue weighted by molar-refractivity contribution is -0.119. The zero-order valence-electron chi connectivity index (χ0n) is 16.3. The van der Waals surface area contributed by atoms with Crippen LogP contribution in [0.15, 0.2) is 23.1 Å². The van der Waals surface area contributed by atoms with Crippen LogP contribution in [-0.2, 0) is 24.8 Å². The first-order chi connectivity index (χ1) is 13.5. The smallest absolute Gasteiger partial charge is 0.267 e. The molecule has 0 aliphatic carbocycles. The van der Waals surface area contributed by atoms with E-state index in [9.17, 15) is 21.6 Å². The fourth-order valence-corrected chi connectivity index (χ4v) is 6.91. The van der Waals surface area contributed by atoms with Crippen molar-refractivity contribution in [2.45, 2.75) is 32.6 Å². The van der Waals surface area contributed by atoms with E-state index in [2.05, 4.69) is 9.71 Å². The Morgan fingerprint density at radius 3 is 2.55 bits per heavy atom. The first kappa shape index (κ1) is 21.5. The minimum absolute atomic E-state index is 0.0466. The largest absolute Gasteiger partial charge is 0.492 e. The molecule has 1 aliphatic heterocycles. The molecule has 0 bridgehead atoms. The number of nitrogens with one attached hydrogen (secondary N) is 1. The normalized spacial score (nSPS) is 18.8. The third-order valence-corrected chi connectivity index (χ3v) is 8.71. The third kappa shape index (κ3) is 4.09. The van der Waals surface area contributed by atoms with E-state index in [4.69, 9.17) is 4.74 Å². The summed E-state index contributed by atoms with van der Waals surface area (Å²) < 4.78 is 59.3. The van der Waals surface area contributed by atoms with E-state index in [-0.39, 0.29) is 33.8 Å². The first-order valence-electron chi connectivity index (χ1n) is 8.77. The molecule has 9 nitrogen and oxygen atoms in total. The molecule has 1 atom stereocenters. The summed E-state index contributed by atoms with van der Waals surface area (Å²) in [5, 5.41) is 0.186. The molecule has 1 fully saturated rings. The molecule has 29 heavy (non-hydrogen) atoms. The van der Waals surface area contributed by atoms with Crippen LogP contribution in [0.3, 0.4) is 0 Å².